The van der Waals surface area contributed by atoms with Crippen molar-refractivity contribution in [3.8, 4) is 5.75 Å². The van der Waals surface area contributed by atoms with Gasteiger partial charge in [-0.15, -0.1) is 0 Å². The molecule has 1 aromatic carbocycles. The van der Waals surface area contributed by atoms with Gasteiger partial charge in [0.25, 0.3) is 0 Å². The highest BCUT2D eigenvalue weighted by atomic mass is 16.5. The van der Waals surface area contributed by atoms with Gasteiger partial charge in [0.1, 0.15) is 18.5 Å². The minimum Gasteiger partial charge on any atom is -0.486 e. The highest BCUT2D eigenvalue weighted by molar-refractivity contribution is 5.92. The number of hydrogen-bond donors (Lipinski definition) is 3. The van der Waals surface area contributed by atoms with E-state index in [4.69, 9.17) is 20.3 Å². The van der Waals surface area contributed by atoms with Gasteiger partial charge in [0.05, 0.1) is 12.6 Å². The second-order valence-corrected chi connectivity index (χ2v) is 4.74. The maximum Gasteiger partial charge on any atom is 0.248 e. The molecule has 1 fully saturated rings. The fraction of sp³-hybridized carbons (Fsp3) is 0.429. The second-order valence-electron chi connectivity index (χ2n) is 4.74. The van der Waals surface area contributed by atoms with E-state index in [1.807, 2.05) is 0 Å². The summed E-state index contributed by atoms with van der Waals surface area (Å²) in [6, 6.07) is 6.19. The first-order valence-electron chi connectivity index (χ1n) is 6.64. The van der Waals surface area contributed by atoms with Crippen LogP contribution in [-0.2, 0) is 9.53 Å². The molecule has 1 aromatic rings. The summed E-state index contributed by atoms with van der Waals surface area (Å²) in [5, 5.41) is 11.5. The number of nitrogens with two attached hydrogens (primary N) is 1. The van der Waals surface area contributed by atoms with Gasteiger partial charge < -0.3 is 25.6 Å². The molecule has 4 N–H and O–H groups in total. The first-order chi connectivity index (χ1) is 10.1. The second kappa shape index (κ2) is 7.05. The summed E-state index contributed by atoms with van der Waals surface area (Å²) in [6.45, 7) is 0.308. The first-order valence-corrected chi connectivity index (χ1v) is 6.64. The maximum absolute atomic E-state index is 11.3. The van der Waals surface area contributed by atoms with E-state index < -0.39 is 18.4 Å². The maximum atomic E-state index is 11.3. The summed E-state index contributed by atoms with van der Waals surface area (Å²) in [5.41, 5.74) is 5.57. The summed E-state index contributed by atoms with van der Waals surface area (Å²) in [7, 11) is 0. The third-order valence-corrected chi connectivity index (χ3v) is 3.22. The molecule has 2 atom stereocenters. The lowest BCUT2D eigenvalue weighted by molar-refractivity contribution is -0.126. The van der Waals surface area contributed by atoms with Crippen LogP contribution < -0.4 is 15.8 Å². The van der Waals surface area contributed by atoms with Gasteiger partial charge in [-0.1, -0.05) is 0 Å². The van der Waals surface area contributed by atoms with Crippen LogP contribution >= 0.6 is 0 Å². The number of rotatable bonds is 5. The molecular weight excluding hydrogens is 276 g/mol. The number of benzene rings is 1. The molecular formula is C14H18N2O5. The van der Waals surface area contributed by atoms with Gasteiger partial charge in [-0.05, 0) is 30.7 Å². The number of carbonyl (C=O) groups excluding carboxylic acids is 2. The Labute approximate surface area is 122 Å². The van der Waals surface area contributed by atoms with E-state index in [9.17, 15) is 9.59 Å². The average molecular weight is 294 g/mol. The van der Waals surface area contributed by atoms with Gasteiger partial charge >= 0.3 is 0 Å². The Bertz CT molecular complexity index is 503. The van der Waals surface area contributed by atoms with Gasteiger partial charge in [-0.2, -0.15) is 0 Å². The molecule has 0 saturated carbocycles. The molecule has 0 aromatic heterocycles. The predicted molar refractivity (Wildman–Crippen MR) is 73.8 cm³/mol. The third-order valence-electron chi connectivity index (χ3n) is 3.22. The number of hydrogen-bond acceptors (Lipinski definition) is 5. The van der Waals surface area contributed by atoms with Crippen LogP contribution in [0.5, 0.6) is 5.75 Å². The van der Waals surface area contributed by atoms with Crippen LogP contribution in [0.2, 0.25) is 0 Å². The topological polar surface area (TPSA) is 111 Å². The minimum absolute atomic E-state index is 0.228. The summed E-state index contributed by atoms with van der Waals surface area (Å²) >= 11 is 0. The molecule has 1 aliphatic heterocycles. The number of aliphatic hydroxyl groups excluding tert-OH is 1. The number of amides is 2. The minimum atomic E-state index is -0.558. The summed E-state index contributed by atoms with van der Waals surface area (Å²) in [6.07, 6.45) is 0.254. The van der Waals surface area contributed by atoms with Crippen LogP contribution in [-0.4, -0.2) is 48.9 Å². The molecule has 0 bridgehead atoms. The molecule has 0 spiro atoms. The fourth-order valence-electron chi connectivity index (χ4n) is 2.12. The van der Waals surface area contributed by atoms with Gasteiger partial charge in [-0.25, -0.2) is 0 Å². The Morgan fingerprint density at radius 3 is 2.71 bits per heavy atom. The number of nitrogens with one attached hydrogen (secondary N) is 1. The van der Waals surface area contributed by atoms with Crippen molar-refractivity contribution in [2.45, 2.75) is 18.6 Å². The van der Waals surface area contributed by atoms with E-state index in [1.165, 1.54) is 0 Å². The van der Waals surface area contributed by atoms with Crippen molar-refractivity contribution < 1.29 is 24.2 Å². The SMILES string of the molecule is NC(=O)c1ccc(O[C@@H]2COCC[C@H]2NC(=O)CO)cc1. The molecule has 7 nitrogen and oxygen atoms in total. The summed E-state index contributed by atoms with van der Waals surface area (Å²) in [4.78, 5) is 22.3. The largest absolute Gasteiger partial charge is 0.486 e. The van der Waals surface area contributed by atoms with Crippen LogP contribution in [0.25, 0.3) is 0 Å². The highest BCUT2D eigenvalue weighted by Crippen LogP contribution is 2.18. The van der Waals surface area contributed by atoms with E-state index in [0.29, 0.717) is 30.9 Å². The van der Waals surface area contributed by atoms with Crippen LogP contribution in [0.15, 0.2) is 24.3 Å². The van der Waals surface area contributed by atoms with Crippen molar-refractivity contribution >= 4 is 11.8 Å². The Morgan fingerprint density at radius 2 is 2.10 bits per heavy atom. The zero-order valence-electron chi connectivity index (χ0n) is 11.5. The van der Waals surface area contributed by atoms with E-state index >= 15 is 0 Å². The quantitative estimate of drug-likeness (QED) is 0.673. The smallest absolute Gasteiger partial charge is 0.248 e. The molecule has 114 valence electrons. The molecule has 1 heterocycles. The van der Waals surface area contributed by atoms with Crippen molar-refractivity contribution in [3.05, 3.63) is 29.8 Å². The van der Waals surface area contributed by atoms with Gasteiger partial charge in [0.15, 0.2) is 0 Å². The molecule has 1 aliphatic rings. The Kier molecular flexibility index (Phi) is 5.13. The Morgan fingerprint density at radius 1 is 1.38 bits per heavy atom. The van der Waals surface area contributed by atoms with E-state index in [0.717, 1.165) is 0 Å². The summed E-state index contributed by atoms with van der Waals surface area (Å²) in [5.74, 6) is -0.394. The van der Waals surface area contributed by atoms with Crippen LogP contribution in [0, 0.1) is 0 Å². The molecule has 2 amide bonds. The molecule has 7 heteroatoms. The number of primary amides is 1. The lowest BCUT2D eigenvalue weighted by atomic mass is 10.1. The van der Waals surface area contributed by atoms with E-state index in [1.54, 1.807) is 24.3 Å². The lowest BCUT2D eigenvalue weighted by Crippen LogP contribution is -2.52. The monoisotopic (exact) mass is 294 g/mol. The van der Waals surface area contributed by atoms with Crippen molar-refractivity contribution in [2.75, 3.05) is 19.8 Å². The molecule has 0 unspecified atom stereocenters. The number of carbonyl (C=O) groups is 2. The fourth-order valence-corrected chi connectivity index (χ4v) is 2.12. The molecule has 21 heavy (non-hydrogen) atoms. The average Bonchev–Trinajstić information content (AvgIpc) is 2.49. The highest BCUT2D eigenvalue weighted by Gasteiger charge is 2.28. The predicted octanol–water partition coefficient (Wildman–Crippen LogP) is -0.570. The van der Waals surface area contributed by atoms with Gasteiger partial charge in [0, 0.05) is 12.2 Å². The zero-order valence-corrected chi connectivity index (χ0v) is 11.5. The normalized spacial score (nSPS) is 21.6. The first kappa shape index (κ1) is 15.3. The molecule has 0 aliphatic carbocycles. The van der Waals surface area contributed by atoms with Crippen molar-refractivity contribution in [1.29, 1.82) is 0 Å². The van der Waals surface area contributed by atoms with Gasteiger partial charge in [0.2, 0.25) is 11.8 Å². The third kappa shape index (κ3) is 4.17. The van der Waals surface area contributed by atoms with Crippen LogP contribution in [0.1, 0.15) is 16.8 Å². The van der Waals surface area contributed by atoms with Crippen LogP contribution in [0.4, 0.5) is 0 Å². The van der Waals surface area contributed by atoms with Crippen molar-refractivity contribution in [1.82, 2.24) is 5.32 Å². The Hall–Kier alpha value is -2.12. The molecule has 0 radical (unpaired) electrons. The molecule has 2 rings (SSSR count). The number of aliphatic hydroxyl groups is 1. The van der Waals surface area contributed by atoms with Crippen molar-refractivity contribution in [2.24, 2.45) is 5.73 Å². The Balaban J connectivity index is 2.01. The van der Waals surface area contributed by atoms with E-state index in [-0.39, 0.29) is 12.1 Å². The number of ether oxygens (including phenoxy) is 2. The standard InChI is InChI=1S/C14H18N2O5/c15-14(19)9-1-3-10(4-2-9)21-12-8-20-6-5-11(12)16-13(18)7-17/h1-4,11-12,17H,5-8H2,(H2,15,19)(H,16,18)/t11-,12-/m1/s1. The lowest BCUT2D eigenvalue weighted by Gasteiger charge is -2.32. The zero-order chi connectivity index (χ0) is 15.2. The van der Waals surface area contributed by atoms with Crippen molar-refractivity contribution in [3.63, 3.8) is 0 Å². The van der Waals surface area contributed by atoms with Crippen LogP contribution in [0.3, 0.4) is 0 Å². The molecule has 1 saturated heterocycles. The summed E-state index contributed by atoms with van der Waals surface area (Å²) < 4.78 is 11.1. The van der Waals surface area contributed by atoms with E-state index in [2.05, 4.69) is 5.32 Å². The van der Waals surface area contributed by atoms with Gasteiger partial charge in [-0.3, -0.25) is 9.59 Å².